The third kappa shape index (κ3) is 3.99. The van der Waals surface area contributed by atoms with Crippen LogP contribution in [0.2, 0.25) is 0 Å². The molecular formula is C18H22ClOP. The molecule has 2 aromatic carbocycles. The normalized spacial score (nSPS) is 13.0. The lowest BCUT2D eigenvalue weighted by Crippen LogP contribution is -2.14. The van der Waals surface area contributed by atoms with Crippen LogP contribution in [0.1, 0.15) is 37.5 Å². The molecule has 0 N–H and O–H groups in total. The molecule has 1 nitrogen and oxygen atoms in total. The van der Waals surface area contributed by atoms with E-state index in [0.717, 1.165) is 16.6 Å². The summed E-state index contributed by atoms with van der Waals surface area (Å²) in [5, 5.41) is 1.04. The van der Waals surface area contributed by atoms with Crippen LogP contribution >= 0.6 is 18.7 Å². The zero-order valence-electron chi connectivity index (χ0n) is 13.3. The lowest BCUT2D eigenvalue weighted by atomic mass is 9.84. The number of rotatable bonds is 3. The van der Waals surface area contributed by atoms with Crippen LogP contribution in [0.25, 0.3) is 0 Å². The van der Waals surface area contributed by atoms with Gasteiger partial charge in [-0.2, -0.15) is 0 Å². The fourth-order valence-corrected chi connectivity index (χ4v) is 3.77. The molecular weight excluding hydrogens is 299 g/mol. The fraction of sp³-hybridized carbons (Fsp3) is 0.333. The first-order valence-electron chi connectivity index (χ1n) is 7.09. The topological polar surface area (TPSA) is 9.23 Å². The average molecular weight is 321 g/mol. The van der Waals surface area contributed by atoms with Crippen LogP contribution in [0.3, 0.4) is 0 Å². The van der Waals surface area contributed by atoms with E-state index in [-0.39, 0.29) is 5.41 Å². The number of aryl methyl sites for hydroxylation is 2. The molecule has 0 aliphatic rings. The minimum Gasteiger partial charge on any atom is -0.453 e. The van der Waals surface area contributed by atoms with Crippen molar-refractivity contribution in [3.05, 3.63) is 59.2 Å². The van der Waals surface area contributed by atoms with Crippen LogP contribution in [-0.4, -0.2) is 0 Å². The molecule has 0 radical (unpaired) electrons. The predicted octanol–water partition coefficient (Wildman–Crippen LogP) is 5.86. The molecule has 0 fully saturated rings. The van der Waals surface area contributed by atoms with E-state index in [4.69, 9.17) is 15.8 Å². The largest absolute Gasteiger partial charge is 0.453 e. The summed E-state index contributed by atoms with van der Waals surface area (Å²) in [5.41, 5.74) is 3.63. The highest BCUT2D eigenvalue weighted by Gasteiger charge is 2.23. The van der Waals surface area contributed by atoms with Crippen molar-refractivity contribution in [1.29, 1.82) is 0 Å². The summed E-state index contributed by atoms with van der Waals surface area (Å²) in [6.07, 6.45) is 0. The molecule has 0 saturated carbocycles. The molecule has 0 aliphatic carbocycles. The van der Waals surface area contributed by atoms with Gasteiger partial charge in [0, 0.05) is 10.9 Å². The molecule has 21 heavy (non-hydrogen) atoms. The van der Waals surface area contributed by atoms with Crippen molar-refractivity contribution >= 4 is 24.0 Å². The first kappa shape index (κ1) is 16.3. The van der Waals surface area contributed by atoms with Gasteiger partial charge in [-0.1, -0.05) is 68.8 Å². The molecule has 0 aliphatic heterocycles. The van der Waals surface area contributed by atoms with Gasteiger partial charge in [-0.15, -0.1) is 0 Å². The third-order valence-electron chi connectivity index (χ3n) is 3.36. The summed E-state index contributed by atoms with van der Waals surface area (Å²) < 4.78 is 6.17. The van der Waals surface area contributed by atoms with Gasteiger partial charge in [0.1, 0.15) is 5.75 Å². The minimum absolute atomic E-state index is 0.0237. The average Bonchev–Trinajstić information content (AvgIpc) is 2.41. The molecule has 0 heterocycles. The molecule has 0 bridgehead atoms. The minimum atomic E-state index is -1.17. The van der Waals surface area contributed by atoms with Crippen molar-refractivity contribution in [2.75, 3.05) is 0 Å². The first-order valence-corrected chi connectivity index (χ1v) is 9.26. The van der Waals surface area contributed by atoms with E-state index in [2.05, 4.69) is 46.8 Å². The van der Waals surface area contributed by atoms with Crippen LogP contribution < -0.4 is 9.83 Å². The Kier molecular flexibility index (Phi) is 4.96. The van der Waals surface area contributed by atoms with E-state index in [1.54, 1.807) is 0 Å². The van der Waals surface area contributed by atoms with E-state index >= 15 is 0 Å². The maximum atomic E-state index is 6.52. The van der Waals surface area contributed by atoms with Gasteiger partial charge < -0.3 is 4.52 Å². The monoisotopic (exact) mass is 320 g/mol. The maximum absolute atomic E-state index is 6.52. The van der Waals surface area contributed by atoms with Gasteiger partial charge in [-0.05, 0) is 36.1 Å². The molecule has 1 unspecified atom stereocenters. The Morgan fingerprint density at radius 1 is 1.00 bits per heavy atom. The Bertz CT molecular complexity index is 617. The molecule has 3 heteroatoms. The number of hydrogen-bond acceptors (Lipinski definition) is 1. The maximum Gasteiger partial charge on any atom is 0.215 e. The quantitative estimate of drug-likeness (QED) is 0.644. The summed E-state index contributed by atoms with van der Waals surface area (Å²) >= 11 is 6.52. The third-order valence-corrected chi connectivity index (χ3v) is 5.20. The van der Waals surface area contributed by atoms with Crippen LogP contribution in [0.4, 0.5) is 0 Å². The van der Waals surface area contributed by atoms with Crippen LogP contribution in [0.5, 0.6) is 5.75 Å². The Morgan fingerprint density at radius 2 is 1.62 bits per heavy atom. The summed E-state index contributed by atoms with van der Waals surface area (Å²) in [7, 11) is -1.17. The molecule has 2 rings (SSSR count). The van der Waals surface area contributed by atoms with E-state index in [1.807, 2.05) is 30.3 Å². The van der Waals surface area contributed by atoms with Crippen LogP contribution in [0.15, 0.2) is 42.5 Å². The van der Waals surface area contributed by atoms with Gasteiger partial charge in [0.2, 0.25) is 7.50 Å². The van der Waals surface area contributed by atoms with Gasteiger partial charge in [0.15, 0.2) is 0 Å². The molecule has 1 atom stereocenters. The van der Waals surface area contributed by atoms with Crippen molar-refractivity contribution < 1.29 is 4.52 Å². The molecule has 0 saturated heterocycles. The highest BCUT2D eigenvalue weighted by atomic mass is 35.7. The zero-order valence-corrected chi connectivity index (χ0v) is 14.9. The van der Waals surface area contributed by atoms with Gasteiger partial charge in [-0.25, -0.2) is 0 Å². The molecule has 0 amide bonds. The van der Waals surface area contributed by atoms with Gasteiger partial charge in [0.25, 0.3) is 0 Å². The lowest BCUT2D eigenvalue weighted by molar-refractivity contribution is 0.538. The van der Waals surface area contributed by atoms with Crippen molar-refractivity contribution in [1.82, 2.24) is 0 Å². The van der Waals surface area contributed by atoms with Crippen molar-refractivity contribution in [2.45, 2.75) is 40.0 Å². The smallest absolute Gasteiger partial charge is 0.215 e. The Balaban J connectivity index is 2.40. The summed E-state index contributed by atoms with van der Waals surface area (Å²) in [6.45, 7) is 10.8. The number of hydrogen-bond donors (Lipinski definition) is 0. The second kappa shape index (κ2) is 6.38. The highest BCUT2D eigenvalue weighted by Crippen LogP contribution is 2.46. The van der Waals surface area contributed by atoms with Crippen molar-refractivity contribution in [3.63, 3.8) is 0 Å². The van der Waals surface area contributed by atoms with Crippen LogP contribution in [0, 0.1) is 13.8 Å². The Hall–Kier alpha value is -1.04. The van der Waals surface area contributed by atoms with Crippen LogP contribution in [-0.2, 0) is 5.41 Å². The second-order valence-electron chi connectivity index (χ2n) is 6.38. The zero-order chi connectivity index (χ0) is 15.6. The standard InChI is InChI=1S/C18H22ClOP/c1-13-11-14(2)17(16(12-13)18(3,4)5)20-21(19)15-9-7-6-8-10-15/h6-12H,1-5H3. The number of benzene rings is 2. The van der Waals surface area contributed by atoms with Crippen molar-refractivity contribution in [3.8, 4) is 5.75 Å². The molecule has 0 aromatic heterocycles. The summed E-state index contributed by atoms with van der Waals surface area (Å²) in [6, 6.07) is 14.3. The first-order chi connectivity index (χ1) is 9.79. The summed E-state index contributed by atoms with van der Waals surface area (Å²) in [4.78, 5) is 0. The molecule has 112 valence electrons. The molecule has 0 spiro atoms. The second-order valence-corrected chi connectivity index (χ2v) is 8.49. The predicted molar refractivity (Wildman–Crippen MR) is 94.1 cm³/mol. The van der Waals surface area contributed by atoms with E-state index in [0.29, 0.717) is 0 Å². The molecule has 2 aromatic rings. The lowest BCUT2D eigenvalue weighted by Gasteiger charge is -2.26. The SMILES string of the molecule is Cc1cc(C)c(OP(Cl)c2ccccc2)c(C(C)(C)C)c1. The highest BCUT2D eigenvalue weighted by molar-refractivity contribution is 7.86. The Labute approximate surface area is 133 Å². The Morgan fingerprint density at radius 3 is 2.19 bits per heavy atom. The summed E-state index contributed by atoms with van der Waals surface area (Å²) in [5.74, 6) is 0.929. The van der Waals surface area contributed by atoms with Gasteiger partial charge in [0.05, 0.1) is 0 Å². The fourth-order valence-electron chi connectivity index (χ4n) is 2.31. The number of halogens is 1. The van der Waals surface area contributed by atoms with Gasteiger partial charge in [-0.3, -0.25) is 0 Å². The van der Waals surface area contributed by atoms with E-state index in [9.17, 15) is 0 Å². The van der Waals surface area contributed by atoms with E-state index < -0.39 is 7.50 Å². The van der Waals surface area contributed by atoms with Gasteiger partial charge >= 0.3 is 0 Å². The van der Waals surface area contributed by atoms with Crippen molar-refractivity contribution in [2.24, 2.45) is 0 Å². The van der Waals surface area contributed by atoms with E-state index in [1.165, 1.54) is 11.1 Å².